The maximum absolute atomic E-state index is 12.9. The standard InChI is InChI=1S/C23H24N4O4/c24-12-15-5-8-18(9-6-15)27-23(30)19-11-17(25)7-10-20(19)26-13-16-3-1-2-4-21(16)31-14-22(28)29/h1-11,26H,12-14,24-25H2,(H,27,30)(H,28,29). The Morgan fingerprint density at radius 3 is 2.45 bits per heavy atom. The fraction of sp³-hybridized carbons (Fsp3) is 0.130. The monoisotopic (exact) mass is 420 g/mol. The Labute approximate surface area is 179 Å². The van der Waals surface area contributed by atoms with Crippen molar-refractivity contribution in [3.8, 4) is 5.75 Å². The van der Waals surface area contributed by atoms with Gasteiger partial charge in [-0.25, -0.2) is 4.79 Å². The molecule has 0 fully saturated rings. The van der Waals surface area contributed by atoms with Crippen LogP contribution in [0, 0.1) is 0 Å². The van der Waals surface area contributed by atoms with Gasteiger partial charge in [-0.2, -0.15) is 0 Å². The average molecular weight is 420 g/mol. The van der Waals surface area contributed by atoms with E-state index in [9.17, 15) is 9.59 Å². The second kappa shape index (κ2) is 10.1. The number of hydrogen-bond donors (Lipinski definition) is 5. The first-order chi connectivity index (χ1) is 15.0. The molecule has 31 heavy (non-hydrogen) atoms. The molecule has 1 amide bonds. The predicted octanol–water partition coefficient (Wildman–Crippen LogP) is 3.06. The van der Waals surface area contributed by atoms with Crippen molar-refractivity contribution in [1.29, 1.82) is 0 Å². The van der Waals surface area contributed by atoms with Crippen LogP contribution in [0.25, 0.3) is 0 Å². The van der Waals surface area contributed by atoms with Crippen molar-refractivity contribution in [3.63, 3.8) is 0 Å². The number of nitrogen functional groups attached to an aromatic ring is 1. The van der Waals surface area contributed by atoms with E-state index in [-0.39, 0.29) is 5.91 Å². The van der Waals surface area contributed by atoms with Crippen LogP contribution < -0.4 is 26.8 Å². The molecule has 0 saturated heterocycles. The lowest BCUT2D eigenvalue weighted by atomic mass is 10.1. The zero-order valence-electron chi connectivity index (χ0n) is 16.8. The Morgan fingerprint density at radius 1 is 1.00 bits per heavy atom. The van der Waals surface area contributed by atoms with Crippen molar-refractivity contribution < 1.29 is 19.4 Å². The number of nitrogens with one attached hydrogen (secondary N) is 2. The molecule has 0 bridgehead atoms. The highest BCUT2D eigenvalue weighted by Crippen LogP contribution is 2.24. The molecule has 0 saturated carbocycles. The molecule has 3 aromatic rings. The van der Waals surface area contributed by atoms with Crippen LogP contribution in [0.5, 0.6) is 5.75 Å². The molecule has 8 heteroatoms. The molecule has 0 atom stereocenters. The van der Waals surface area contributed by atoms with Gasteiger partial charge >= 0.3 is 5.97 Å². The lowest BCUT2D eigenvalue weighted by Crippen LogP contribution is -2.16. The molecule has 7 N–H and O–H groups in total. The Morgan fingerprint density at radius 2 is 1.74 bits per heavy atom. The van der Waals surface area contributed by atoms with Crippen molar-refractivity contribution in [2.45, 2.75) is 13.1 Å². The SMILES string of the molecule is NCc1ccc(NC(=O)c2cc(N)ccc2NCc2ccccc2OCC(=O)O)cc1. The van der Waals surface area contributed by atoms with Gasteiger partial charge in [0, 0.05) is 35.7 Å². The second-order valence-electron chi connectivity index (χ2n) is 6.80. The molecule has 0 heterocycles. The van der Waals surface area contributed by atoms with E-state index in [0.29, 0.717) is 41.5 Å². The molecule has 160 valence electrons. The topological polar surface area (TPSA) is 140 Å². The number of nitrogens with two attached hydrogens (primary N) is 2. The van der Waals surface area contributed by atoms with Crippen molar-refractivity contribution in [2.75, 3.05) is 23.0 Å². The van der Waals surface area contributed by atoms with E-state index in [2.05, 4.69) is 10.6 Å². The highest BCUT2D eigenvalue weighted by molar-refractivity contribution is 6.08. The van der Waals surface area contributed by atoms with Crippen molar-refractivity contribution in [1.82, 2.24) is 0 Å². The van der Waals surface area contributed by atoms with Gasteiger partial charge in [-0.15, -0.1) is 0 Å². The molecule has 0 spiro atoms. The average Bonchev–Trinajstić information content (AvgIpc) is 2.77. The van der Waals surface area contributed by atoms with Gasteiger partial charge < -0.3 is 31.9 Å². The van der Waals surface area contributed by atoms with E-state index in [1.165, 1.54) is 0 Å². The fourth-order valence-electron chi connectivity index (χ4n) is 2.95. The summed E-state index contributed by atoms with van der Waals surface area (Å²) in [5.41, 5.74) is 15.3. The Balaban J connectivity index is 1.76. The van der Waals surface area contributed by atoms with Crippen LogP contribution in [0.15, 0.2) is 66.7 Å². The van der Waals surface area contributed by atoms with E-state index >= 15 is 0 Å². The first kappa shape index (κ1) is 21.7. The number of aliphatic carboxylic acids is 1. The maximum Gasteiger partial charge on any atom is 0.341 e. The normalized spacial score (nSPS) is 10.4. The summed E-state index contributed by atoms with van der Waals surface area (Å²) >= 11 is 0. The number of para-hydroxylation sites is 1. The number of rotatable bonds is 9. The van der Waals surface area contributed by atoms with E-state index < -0.39 is 12.6 Å². The summed E-state index contributed by atoms with van der Waals surface area (Å²) in [5, 5.41) is 14.9. The summed E-state index contributed by atoms with van der Waals surface area (Å²) in [6, 6.07) is 19.4. The molecule has 0 aliphatic rings. The maximum atomic E-state index is 12.9. The molecule has 0 radical (unpaired) electrons. The van der Waals surface area contributed by atoms with Crippen LogP contribution in [0.1, 0.15) is 21.5 Å². The zero-order valence-corrected chi connectivity index (χ0v) is 16.8. The minimum atomic E-state index is -1.06. The highest BCUT2D eigenvalue weighted by atomic mass is 16.5. The number of carbonyl (C=O) groups excluding carboxylic acids is 1. The summed E-state index contributed by atoms with van der Waals surface area (Å²) in [7, 11) is 0. The number of carboxylic acid groups (broad SMARTS) is 1. The van der Waals surface area contributed by atoms with Crippen LogP contribution in [0.4, 0.5) is 17.1 Å². The first-order valence-corrected chi connectivity index (χ1v) is 9.62. The largest absolute Gasteiger partial charge is 0.482 e. The van der Waals surface area contributed by atoms with Gasteiger partial charge in [-0.3, -0.25) is 4.79 Å². The summed E-state index contributed by atoms with van der Waals surface area (Å²) in [5.74, 6) is -0.913. The molecule has 3 rings (SSSR count). The number of benzene rings is 3. The smallest absolute Gasteiger partial charge is 0.341 e. The molecule has 8 nitrogen and oxygen atoms in total. The minimum Gasteiger partial charge on any atom is -0.482 e. The molecular formula is C23H24N4O4. The lowest BCUT2D eigenvalue weighted by molar-refractivity contribution is -0.139. The van der Waals surface area contributed by atoms with Gasteiger partial charge in [0.2, 0.25) is 0 Å². The fourth-order valence-corrected chi connectivity index (χ4v) is 2.95. The quantitative estimate of drug-likeness (QED) is 0.335. The van der Waals surface area contributed by atoms with Gasteiger partial charge in [-0.1, -0.05) is 30.3 Å². The van der Waals surface area contributed by atoms with E-state index in [1.54, 1.807) is 42.5 Å². The van der Waals surface area contributed by atoms with Gasteiger partial charge in [0.1, 0.15) is 5.75 Å². The Bertz CT molecular complexity index is 1070. The molecule has 0 aromatic heterocycles. The van der Waals surface area contributed by atoms with Crippen molar-refractivity contribution in [3.05, 3.63) is 83.4 Å². The molecule has 0 unspecified atom stereocenters. The van der Waals surface area contributed by atoms with Crippen LogP contribution in [0.2, 0.25) is 0 Å². The van der Waals surface area contributed by atoms with Crippen LogP contribution in [0.3, 0.4) is 0 Å². The van der Waals surface area contributed by atoms with Crippen molar-refractivity contribution >= 4 is 28.9 Å². The van der Waals surface area contributed by atoms with E-state index in [4.69, 9.17) is 21.3 Å². The number of carbonyl (C=O) groups is 2. The first-order valence-electron chi connectivity index (χ1n) is 9.62. The molecule has 0 aliphatic carbocycles. The number of ether oxygens (including phenoxy) is 1. The van der Waals surface area contributed by atoms with Gasteiger partial charge in [0.15, 0.2) is 6.61 Å². The Hall–Kier alpha value is -4.04. The van der Waals surface area contributed by atoms with Gasteiger partial charge in [0.25, 0.3) is 5.91 Å². The van der Waals surface area contributed by atoms with Gasteiger partial charge in [-0.05, 0) is 42.0 Å². The third-order valence-electron chi connectivity index (χ3n) is 4.53. The number of amides is 1. The number of carboxylic acids is 1. The van der Waals surface area contributed by atoms with Gasteiger partial charge in [0.05, 0.1) is 5.56 Å². The van der Waals surface area contributed by atoms with Crippen LogP contribution >= 0.6 is 0 Å². The lowest BCUT2D eigenvalue weighted by Gasteiger charge is -2.15. The number of anilines is 3. The predicted molar refractivity (Wildman–Crippen MR) is 120 cm³/mol. The second-order valence-corrected chi connectivity index (χ2v) is 6.80. The van der Waals surface area contributed by atoms with Crippen LogP contribution in [-0.4, -0.2) is 23.6 Å². The van der Waals surface area contributed by atoms with E-state index in [0.717, 1.165) is 11.1 Å². The summed E-state index contributed by atoms with van der Waals surface area (Å²) in [6.07, 6.45) is 0. The Kier molecular flexibility index (Phi) is 7.08. The minimum absolute atomic E-state index is 0.314. The summed E-state index contributed by atoms with van der Waals surface area (Å²) < 4.78 is 5.33. The van der Waals surface area contributed by atoms with E-state index in [1.807, 2.05) is 24.3 Å². The highest BCUT2D eigenvalue weighted by Gasteiger charge is 2.14. The molecule has 0 aliphatic heterocycles. The zero-order chi connectivity index (χ0) is 22.2. The molecular weight excluding hydrogens is 396 g/mol. The number of hydrogen-bond acceptors (Lipinski definition) is 6. The third kappa shape index (κ3) is 5.97. The van der Waals surface area contributed by atoms with Crippen LogP contribution in [-0.2, 0) is 17.9 Å². The summed E-state index contributed by atoms with van der Waals surface area (Å²) in [6.45, 7) is 0.315. The molecule has 3 aromatic carbocycles. The van der Waals surface area contributed by atoms with Crippen molar-refractivity contribution in [2.24, 2.45) is 5.73 Å². The third-order valence-corrected chi connectivity index (χ3v) is 4.53. The summed E-state index contributed by atoms with van der Waals surface area (Å²) in [4.78, 5) is 23.7.